The van der Waals surface area contributed by atoms with Gasteiger partial charge < -0.3 is 25.4 Å². The Kier molecular flexibility index (Phi) is 10.6. The van der Waals surface area contributed by atoms with Crippen molar-refractivity contribution in [2.75, 3.05) is 55.8 Å². The first-order valence-corrected chi connectivity index (χ1v) is 19.8. The first-order valence-electron chi connectivity index (χ1n) is 19.8. The Labute approximate surface area is 338 Å². The van der Waals surface area contributed by atoms with Crippen LogP contribution in [0.25, 0.3) is 10.9 Å². The third-order valence-corrected chi connectivity index (χ3v) is 11.7. The Morgan fingerprint density at radius 3 is 2.47 bits per heavy atom. The van der Waals surface area contributed by atoms with Gasteiger partial charge in [0.05, 0.1) is 41.0 Å². The number of amides is 4. The van der Waals surface area contributed by atoms with E-state index in [1.807, 2.05) is 12.1 Å². The van der Waals surface area contributed by atoms with Crippen LogP contribution in [0.1, 0.15) is 82.7 Å². The lowest BCUT2D eigenvalue weighted by molar-refractivity contribution is -0.138. The molecule has 3 saturated heterocycles. The molecule has 14 nitrogen and oxygen atoms in total. The van der Waals surface area contributed by atoms with Gasteiger partial charge in [-0.1, -0.05) is 6.07 Å². The van der Waals surface area contributed by atoms with Crippen LogP contribution in [0.15, 0.2) is 48.5 Å². The summed E-state index contributed by atoms with van der Waals surface area (Å²) < 4.78 is 53.0. The molecule has 1 aromatic heterocycles. The molecule has 4 aromatic rings. The number of nitrogen functional groups attached to an aromatic ring is 1. The smallest absolute Gasteiger partial charge is 0.416 e. The van der Waals surface area contributed by atoms with Crippen LogP contribution in [0.3, 0.4) is 0 Å². The second-order valence-electron chi connectivity index (χ2n) is 15.8. The zero-order valence-electron chi connectivity index (χ0n) is 32.9. The molecule has 4 aliphatic rings. The quantitative estimate of drug-likeness (QED) is 0.136. The second kappa shape index (κ2) is 15.7. The van der Waals surface area contributed by atoms with E-state index in [0.717, 1.165) is 49.4 Å². The number of benzene rings is 3. The van der Waals surface area contributed by atoms with Crippen LogP contribution in [-0.4, -0.2) is 95.4 Å². The number of ether oxygens (including phenoxy) is 2. The van der Waals surface area contributed by atoms with E-state index in [-0.39, 0.29) is 30.2 Å². The summed E-state index contributed by atoms with van der Waals surface area (Å²) in [6.45, 7) is 7.28. The van der Waals surface area contributed by atoms with Gasteiger partial charge in [0.2, 0.25) is 11.8 Å². The lowest BCUT2D eigenvalue weighted by Gasteiger charge is -2.36. The van der Waals surface area contributed by atoms with Gasteiger partial charge in [-0.25, -0.2) is 9.97 Å². The van der Waals surface area contributed by atoms with Gasteiger partial charge in [0.1, 0.15) is 23.8 Å². The number of aryl methyl sites for hydroxylation is 1. The number of likely N-dealkylation sites (tertiary alicyclic amines) is 1. The molecule has 17 heteroatoms. The standard InChI is InChI=1S/C42H45F3N8O6/c1-22(25-15-26(42(43,44)45)17-27(46)16-25)47-38-30-18-35(34(58-3)19-31(30)48-23(2)49-38)59-28-11-12-51(21-28)20-24-9-13-52(14-10-24)32-6-4-5-29-37(32)41(57)53(40(29)56)33-7-8-36(54)50-39(33)55/h4-6,15-19,22,24,28,33H,7-14,20-21,46H2,1-3H3,(H,47,48,49)(H,50,54,55)/t22-,28+,33?/m1/s1. The van der Waals surface area contributed by atoms with Crippen LogP contribution < -0.4 is 30.7 Å². The van der Waals surface area contributed by atoms with Crippen LogP contribution in [0, 0.1) is 12.8 Å². The van der Waals surface area contributed by atoms with Crippen molar-refractivity contribution in [3.8, 4) is 11.5 Å². The third kappa shape index (κ3) is 7.94. The molecule has 310 valence electrons. The minimum Gasteiger partial charge on any atom is -0.493 e. The van der Waals surface area contributed by atoms with E-state index in [2.05, 4.69) is 30.4 Å². The molecule has 0 radical (unpaired) electrons. The molecule has 5 heterocycles. The van der Waals surface area contributed by atoms with Crippen molar-refractivity contribution >= 4 is 51.7 Å². The fourth-order valence-electron chi connectivity index (χ4n) is 8.71. The summed E-state index contributed by atoms with van der Waals surface area (Å²) in [4.78, 5) is 66.1. The van der Waals surface area contributed by atoms with Crippen molar-refractivity contribution in [1.29, 1.82) is 0 Å². The monoisotopic (exact) mass is 814 g/mol. The highest BCUT2D eigenvalue weighted by Crippen LogP contribution is 2.39. The first kappa shape index (κ1) is 39.8. The maximum Gasteiger partial charge on any atom is 0.416 e. The molecule has 8 rings (SSSR count). The zero-order valence-corrected chi connectivity index (χ0v) is 32.9. The summed E-state index contributed by atoms with van der Waals surface area (Å²) in [6, 6.07) is 10.7. The average Bonchev–Trinajstić information content (AvgIpc) is 3.74. The number of anilines is 3. The van der Waals surface area contributed by atoms with E-state index < -0.39 is 47.5 Å². The van der Waals surface area contributed by atoms with Crippen LogP contribution in [-0.2, 0) is 15.8 Å². The SMILES string of the molecule is COc1cc2nc(C)nc(N[C@H](C)c3cc(N)cc(C(F)(F)F)c3)c2cc1O[C@H]1CCN(CC2CCN(c3cccc4c3C(=O)N(C3CCC(=O)NC3=O)C4=O)CC2)C1. The normalized spacial score (nSPS) is 20.9. The molecule has 4 amide bonds. The lowest BCUT2D eigenvalue weighted by Crippen LogP contribution is -2.54. The highest BCUT2D eigenvalue weighted by atomic mass is 19.4. The minimum absolute atomic E-state index is 0.0109. The highest BCUT2D eigenvalue weighted by molar-refractivity contribution is 6.25. The second-order valence-corrected chi connectivity index (χ2v) is 15.8. The van der Waals surface area contributed by atoms with E-state index in [1.165, 1.54) is 6.07 Å². The predicted molar refractivity (Wildman–Crippen MR) is 212 cm³/mol. The number of imide groups is 2. The number of halogens is 3. The molecule has 0 spiro atoms. The number of nitrogens with two attached hydrogens (primary N) is 1. The summed E-state index contributed by atoms with van der Waals surface area (Å²) >= 11 is 0. The molecule has 59 heavy (non-hydrogen) atoms. The largest absolute Gasteiger partial charge is 0.493 e. The van der Waals surface area contributed by atoms with Gasteiger partial charge in [-0.3, -0.25) is 34.3 Å². The number of fused-ring (bicyclic) bond motifs is 2. The van der Waals surface area contributed by atoms with Gasteiger partial charge in [0.25, 0.3) is 11.8 Å². The molecular formula is C42H45F3N8O6. The van der Waals surface area contributed by atoms with Crippen LogP contribution in [0.2, 0.25) is 0 Å². The lowest BCUT2D eigenvalue weighted by atomic mass is 9.95. The van der Waals surface area contributed by atoms with E-state index in [9.17, 15) is 32.3 Å². The number of hydrogen-bond acceptors (Lipinski definition) is 12. The van der Waals surface area contributed by atoms with Gasteiger partial charge >= 0.3 is 6.18 Å². The number of piperidine rings is 2. The average molecular weight is 815 g/mol. The fourth-order valence-corrected chi connectivity index (χ4v) is 8.71. The molecule has 3 fully saturated rings. The molecule has 3 atom stereocenters. The number of rotatable bonds is 10. The summed E-state index contributed by atoms with van der Waals surface area (Å²) in [5.74, 6) is 0.242. The number of alkyl halides is 3. The number of methoxy groups -OCH3 is 1. The van der Waals surface area contributed by atoms with Gasteiger partial charge in [-0.05, 0) is 87.4 Å². The van der Waals surface area contributed by atoms with E-state index >= 15 is 0 Å². The molecule has 0 aliphatic carbocycles. The zero-order chi connectivity index (χ0) is 41.7. The molecule has 0 bridgehead atoms. The van der Waals surface area contributed by atoms with Crippen molar-refractivity contribution in [3.05, 3.63) is 76.6 Å². The van der Waals surface area contributed by atoms with E-state index in [0.29, 0.717) is 76.4 Å². The minimum atomic E-state index is -4.54. The van der Waals surface area contributed by atoms with E-state index in [1.54, 1.807) is 39.2 Å². The number of carbonyl (C=O) groups is 4. The fraction of sp³-hybridized carbons (Fsp3) is 0.429. The molecule has 1 unspecified atom stereocenters. The van der Waals surface area contributed by atoms with Gasteiger partial charge in [-0.15, -0.1) is 0 Å². The molecule has 4 aliphatic heterocycles. The topological polar surface area (TPSA) is 172 Å². The summed E-state index contributed by atoms with van der Waals surface area (Å²) in [7, 11) is 1.56. The van der Waals surface area contributed by atoms with Crippen molar-refractivity contribution in [1.82, 2.24) is 25.1 Å². The Morgan fingerprint density at radius 1 is 0.966 bits per heavy atom. The number of carbonyl (C=O) groups excluding carboxylic acids is 4. The van der Waals surface area contributed by atoms with Crippen LogP contribution >= 0.6 is 0 Å². The van der Waals surface area contributed by atoms with Crippen LogP contribution in [0.5, 0.6) is 11.5 Å². The summed E-state index contributed by atoms with van der Waals surface area (Å²) in [5.41, 5.74) is 7.24. The van der Waals surface area contributed by atoms with Gasteiger partial charge in [0.15, 0.2) is 11.5 Å². The number of nitrogens with zero attached hydrogens (tertiary/aromatic N) is 5. The Balaban J connectivity index is 0.905. The van der Waals surface area contributed by atoms with E-state index in [4.69, 9.17) is 15.2 Å². The predicted octanol–water partition coefficient (Wildman–Crippen LogP) is 5.49. The Bertz CT molecular complexity index is 2350. The van der Waals surface area contributed by atoms with Crippen LogP contribution in [0.4, 0.5) is 30.4 Å². The summed E-state index contributed by atoms with van der Waals surface area (Å²) in [5, 5.41) is 6.14. The first-order chi connectivity index (χ1) is 28.2. The Hall–Kier alpha value is -5.97. The molecule has 3 aromatic carbocycles. The number of aromatic nitrogens is 2. The summed E-state index contributed by atoms with van der Waals surface area (Å²) in [6.07, 6.45) is -1.95. The van der Waals surface area contributed by atoms with Crippen molar-refractivity contribution in [2.45, 2.75) is 70.3 Å². The number of nitrogens with one attached hydrogen (secondary N) is 2. The van der Waals surface area contributed by atoms with Crippen molar-refractivity contribution < 1.29 is 41.8 Å². The van der Waals surface area contributed by atoms with Crippen molar-refractivity contribution in [2.24, 2.45) is 5.92 Å². The highest BCUT2D eigenvalue weighted by Gasteiger charge is 2.46. The van der Waals surface area contributed by atoms with Gasteiger partial charge in [-0.2, -0.15) is 13.2 Å². The third-order valence-electron chi connectivity index (χ3n) is 11.7. The van der Waals surface area contributed by atoms with Crippen molar-refractivity contribution in [3.63, 3.8) is 0 Å². The number of hydrogen-bond donors (Lipinski definition) is 3. The maximum absolute atomic E-state index is 13.7. The Morgan fingerprint density at radius 2 is 1.75 bits per heavy atom. The maximum atomic E-state index is 13.7. The molecular weight excluding hydrogens is 770 g/mol. The molecule has 4 N–H and O–H groups in total. The van der Waals surface area contributed by atoms with Gasteiger partial charge in [0, 0.05) is 56.3 Å². The molecule has 0 saturated carbocycles.